The van der Waals surface area contributed by atoms with Gasteiger partial charge in [-0.1, -0.05) is 25.7 Å². The summed E-state index contributed by atoms with van der Waals surface area (Å²) in [6.07, 6.45) is 12.0. The lowest BCUT2D eigenvalue weighted by atomic mass is 9.95. The van der Waals surface area contributed by atoms with E-state index in [1.807, 2.05) is 4.90 Å². The summed E-state index contributed by atoms with van der Waals surface area (Å²) in [5, 5.41) is 6.32. The predicted molar refractivity (Wildman–Crippen MR) is 90.1 cm³/mol. The number of carbonyl (C=O) groups is 2. The highest BCUT2D eigenvalue weighted by molar-refractivity contribution is 5.81. The van der Waals surface area contributed by atoms with E-state index in [1.54, 1.807) is 0 Å². The van der Waals surface area contributed by atoms with Gasteiger partial charge in [0.1, 0.15) is 0 Å². The molecule has 1 saturated heterocycles. The molecule has 2 atom stereocenters. The van der Waals surface area contributed by atoms with Gasteiger partial charge < -0.3 is 15.5 Å². The lowest BCUT2D eigenvalue weighted by Crippen LogP contribution is -2.53. The smallest absolute Gasteiger partial charge is 0.317 e. The molecule has 2 unspecified atom stereocenters. The number of nitrogens with one attached hydrogen (secondary N) is 2. The fourth-order valence-corrected chi connectivity index (χ4v) is 4.47. The SMILES string of the molecule is O=C1NCCCCCN(C(=O)NC2CCCCC2)C2CCCC12. The van der Waals surface area contributed by atoms with Crippen LogP contribution in [0.25, 0.3) is 0 Å². The van der Waals surface area contributed by atoms with Crippen LogP contribution in [0, 0.1) is 5.92 Å². The number of amides is 3. The Kier molecular flexibility index (Phi) is 5.79. The van der Waals surface area contributed by atoms with Crippen molar-refractivity contribution in [1.82, 2.24) is 15.5 Å². The topological polar surface area (TPSA) is 61.4 Å². The third-order valence-electron chi connectivity index (χ3n) is 5.79. The van der Waals surface area contributed by atoms with Crippen molar-refractivity contribution in [2.45, 2.75) is 82.7 Å². The summed E-state index contributed by atoms with van der Waals surface area (Å²) in [5.41, 5.74) is 0. The maximum Gasteiger partial charge on any atom is 0.317 e. The van der Waals surface area contributed by atoms with Crippen molar-refractivity contribution in [3.05, 3.63) is 0 Å². The van der Waals surface area contributed by atoms with Crippen molar-refractivity contribution in [3.8, 4) is 0 Å². The fourth-order valence-electron chi connectivity index (χ4n) is 4.47. The van der Waals surface area contributed by atoms with Crippen LogP contribution in [0.15, 0.2) is 0 Å². The largest absolute Gasteiger partial charge is 0.356 e. The molecule has 3 rings (SSSR count). The third kappa shape index (κ3) is 4.18. The molecule has 3 amide bonds. The Bertz CT molecular complexity index is 420. The Morgan fingerprint density at radius 3 is 2.57 bits per heavy atom. The highest BCUT2D eigenvalue weighted by Gasteiger charge is 2.39. The second-order valence-corrected chi connectivity index (χ2v) is 7.43. The van der Waals surface area contributed by atoms with E-state index in [4.69, 9.17) is 0 Å². The van der Waals surface area contributed by atoms with Gasteiger partial charge in [-0.15, -0.1) is 0 Å². The first kappa shape index (κ1) is 16.6. The van der Waals surface area contributed by atoms with Gasteiger partial charge in [0.05, 0.1) is 5.92 Å². The molecule has 2 aliphatic carbocycles. The Hall–Kier alpha value is -1.26. The van der Waals surface area contributed by atoms with Crippen LogP contribution >= 0.6 is 0 Å². The van der Waals surface area contributed by atoms with E-state index in [2.05, 4.69) is 10.6 Å². The summed E-state index contributed by atoms with van der Waals surface area (Å²) >= 11 is 0. The van der Waals surface area contributed by atoms with E-state index in [0.717, 1.165) is 64.5 Å². The standard InChI is InChI=1S/C18H31N3O2/c22-17-15-10-7-11-16(15)21(13-6-2-5-12-19-17)18(23)20-14-8-3-1-4-9-14/h14-16H,1-13H2,(H,19,22)(H,20,23). The number of hydrogen-bond acceptors (Lipinski definition) is 2. The summed E-state index contributed by atoms with van der Waals surface area (Å²) in [6.45, 7) is 1.59. The molecular formula is C18H31N3O2. The van der Waals surface area contributed by atoms with Gasteiger partial charge in [0.25, 0.3) is 0 Å². The van der Waals surface area contributed by atoms with E-state index >= 15 is 0 Å². The molecule has 3 aliphatic rings. The third-order valence-corrected chi connectivity index (χ3v) is 5.79. The molecule has 0 radical (unpaired) electrons. The summed E-state index contributed by atoms with van der Waals surface area (Å²) in [7, 11) is 0. The Balaban J connectivity index is 1.67. The van der Waals surface area contributed by atoms with Crippen LogP contribution in [0.2, 0.25) is 0 Å². The first-order valence-electron chi connectivity index (χ1n) is 9.60. The summed E-state index contributed by atoms with van der Waals surface area (Å²) in [6, 6.07) is 0.499. The average Bonchev–Trinajstić information content (AvgIpc) is 3.04. The van der Waals surface area contributed by atoms with Crippen LogP contribution in [0.5, 0.6) is 0 Å². The van der Waals surface area contributed by atoms with E-state index in [9.17, 15) is 9.59 Å². The Morgan fingerprint density at radius 1 is 0.957 bits per heavy atom. The fraction of sp³-hybridized carbons (Fsp3) is 0.889. The van der Waals surface area contributed by atoms with Crippen molar-refractivity contribution in [2.24, 2.45) is 5.92 Å². The number of carbonyl (C=O) groups excluding carboxylic acids is 2. The number of hydrogen-bond donors (Lipinski definition) is 2. The molecule has 130 valence electrons. The van der Waals surface area contributed by atoms with Gasteiger partial charge in [-0.3, -0.25) is 4.79 Å². The molecule has 3 fully saturated rings. The normalized spacial score (nSPS) is 30.4. The zero-order valence-corrected chi connectivity index (χ0v) is 14.2. The van der Waals surface area contributed by atoms with Gasteiger partial charge in [-0.25, -0.2) is 4.79 Å². The monoisotopic (exact) mass is 321 g/mol. The van der Waals surface area contributed by atoms with Crippen molar-refractivity contribution in [3.63, 3.8) is 0 Å². The quantitative estimate of drug-likeness (QED) is 0.780. The van der Waals surface area contributed by atoms with Crippen LogP contribution in [0.1, 0.15) is 70.6 Å². The number of urea groups is 1. The van der Waals surface area contributed by atoms with E-state index in [0.29, 0.717) is 6.04 Å². The van der Waals surface area contributed by atoms with Gasteiger partial charge in [0.15, 0.2) is 0 Å². The summed E-state index contributed by atoms with van der Waals surface area (Å²) in [5.74, 6) is 0.148. The van der Waals surface area contributed by atoms with Crippen LogP contribution in [0.3, 0.4) is 0 Å². The second kappa shape index (κ2) is 8.02. The van der Waals surface area contributed by atoms with E-state index < -0.39 is 0 Å². The molecule has 0 aromatic rings. The van der Waals surface area contributed by atoms with Crippen molar-refractivity contribution < 1.29 is 9.59 Å². The molecular weight excluding hydrogens is 290 g/mol. The number of rotatable bonds is 1. The first-order chi connectivity index (χ1) is 11.3. The maximum atomic E-state index is 12.9. The van der Waals surface area contributed by atoms with Crippen LogP contribution in [-0.4, -0.2) is 42.0 Å². The van der Waals surface area contributed by atoms with Gasteiger partial charge >= 0.3 is 6.03 Å². The molecule has 5 heteroatoms. The minimum atomic E-state index is -0.00907. The van der Waals surface area contributed by atoms with Crippen molar-refractivity contribution in [1.29, 1.82) is 0 Å². The molecule has 0 aromatic carbocycles. The van der Waals surface area contributed by atoms with Gasteiger partial charge in [0.2, 0.25) is 5.91 Å². The molecule has 0 spiro atoms. The molecule has 2 N–H and O–H groups in total. The minimum absolute atomic E-state index is 0.00907. The molecule has 5 nitrogen and oxygen atoms in total. The first-order valence-corrected chi connectivity index (χ1v) is 9.60. The second-order valence-electron chi connectivity index (χ2n) is 7.43. The summed E-state index contributed by atoms with van der Waals surface area (Å²) < 4.78 is 0. The lowest BCUT2D eigenvalue weighted by Gasteiger charge is -2.35. The molecule has 0 aromatic heterocycles. The van der Waals surface area contributed by atoms with E-state index in [1.165, 1.54) is 19.3 Å². The zero-order valence-electron chi connectivity index (χ0n) is 14.2. The van der Waals surface area contributed by atoms with Gasteiger partial charge in [0, 0.05) is 25.2 Å². The Morgan fingerprint density at radius 2 is 1.74 bits per heavy atom. The molecule has 2 saturated carbocycles. The molecule has 23 heavy (non-hydrogen) atoms. The lowest BCUT2D eigenvalue weighted by molar-refractivity contribution is -0.126. The van der Waals surface area contributed by atoms with Crippen LogP contribution in [0.4, 0.5) is 4.79 Å². The van der Waals surface area contributed by atoms with Gasteiger partial charge in [-0.05, 0) is 44.9 Å². The van der Waals surface area contributed by atoms with Crippen LogP contribution in [-0.2, 0) is 4.79 Å². The molecule has 1 aliphatic heterocycles. The average molecular weight is 321 g/mol. The predicted octanol–water partition coefficient (Wildman–Crippen LogP) is 2.80. The van der Waals surface area contributed by atoms with E-state index in [-0.39, 0.29) is 23.9 Å². The van der Waals surface area contributed by atoms with Crippen LogP contribution < -0.4 is 10.6 Å². The Labute approximate surface area is 139 Å². The minimum Gasteiger partial charge on any atom is -0.356 e. The number of fused-ring (bicyclic) bond motifs is 1. The van der Waals surface area contributed by atoms with Crippen molar-refractivity contribution >= 4 is 11.9 Å². The van der Waals surface area contributed by atoms with Crippen molar-refractivity contribution in [2.75, 3.05) is 13.1 Å². The zero-order chi connectivity index (χ0) is 16.1. The summed E-state index contributed by atoms with van der Waals surface area (Å²) in [4.78, 5) is 27.3. The highest BCUT2D eigenvalue weighted by Crippen LogP contribution is 2.31. The highest BCUT2D eigenvalue weighted by atomic mass is 16.2. The van der Waals surface area contributed by atoms with Gasteiger partial charge in [-0.2, -0.15) is 0 Å². The molecule has 0 bridgehead atoms. The molecule has 1 heterocycles. The maximum absolute atomic E-state index is 12.9. The number of nitrogens with zero attached hydrogens (tertiary/aromatic N) is 1.